The fourth-order valence-corrected chi connectivity index (χ4v) is 1.71. The fraction of sp³-hybridized carbons (Fsp3) is 0.125. The molecule has 0 atom stereocenters. The van der Waals surface area contributed by atoms with Crippen LogP contribution in [0.5, 0.6) is 5.75 Å². The minimum atomic E-state index is 0.248. The van der Waals surface area contributed by atoms with Crippen LogP contribution in [0, 0.1) is 0 Å². The van der Waals surface area contributed by atoms with Gasteiger partial charge in [0.2, 0.25) is 0 Å². The maximum absolute atomic E-state index is 9.28. The molecular weight excluding hydrogens is 220 g/mol. The van der Waals surface area contributed by atoms with E-state index < -0.39 is 0 Å². The number of phenols is 1. The summed E-state index contributed by atoms with van der Waals surface area (Å²) in [5.74, 6) is 0.248. The maximum Gasteiger partial charge on any atom is 0.118 e. The lowest BCUT2D eigenvalue weighted by atomic mass is 10.3. The number of fused-ring (bicyclic) bond motifs is 1. The molecule has 4 heteroatoms. The highest BCUT2D eigenvalue weighted by Gasteiger charge is 2.04. The summed E-state index contributed by atoms with van der Waals surface area (Å²) in [5.41, 5.74) is 1.79. The summed E-state index contributed by atoms with van der Waals surface area (Å²) >= 11 is 3.33. The lowest BCUT2D eigenvalue weighted by molar-refractivity contribution is 0.475. The molecule has 1 heterocycles. The van der Waals surface area contributed by atoms with Crippen LogP contribution >= 0.6 is 15.9 Å². The summed E-state index contributed by atoms with van der Waals surface area (Å²) in [6.45, 7) is 0. The number of nitrogens with zero attached hydrogens (tertiary/aromatic N) is 2. The predicted octanol–water partition coefficient (Wildman–Crippen LogP) is 2.04. The van der Waals surface area contributed by atoms with Crippen LogP contribution in [0.15, 0.2) is 22.9 Å². The smallest absolute Gasteiger partial charge is 0.118 e. The molecule has 1 aromatic carbocycles. The van der Waals surface area contributed by atoms with Gasteiger partial charge in [0.25, 0.3) is 0 Å². The summed E-state index contributed by atoms with van der Waals surface area (Å²) in [7, 11) is 1.89. The van der Waals surface area contributed by atoms with Crippen molar-refractivity contribution >= 4 is 27.0 Å². The minimum absolute atomic E-state index is 0.248. The Kier molecular flexibility index (Phi) is 1.58. The average molecular weight is 227 g/mol. The van der Waals surface area contributed by atoms with Gasteiger partial charge in [-0.1, -0.05) is 0 Å². The van der Waals surface area contributed by atoms with Crippen LogP contribution in [-0.2, 0) is 7.05 Å². The number of benzene rings is 1. The molecule has 0 bridgehead atoms. The van der Waals surface area contributed by atoms with E-state index in [0.717, 1.165) is 15.5 Å². The molecule has 0 saturated carbocycles. The molecule has 2 aromatic rings. The van der Waals surface area contributed by atoms with E-state index in [-0.39, 0.29) is 5.75 Å². The number of imidazole rings is 1. The van der Waals surface area contributed by atoms with Crippen LogP contribution in [0.4, 0.5) is 0 Å². The van der Waals surface area contributed by atoms with Gasteiger partial charge in [0.05, 0.1) is 11.8 Å². The van der Waals surface area contributed by atoms with Gasteiger partial charge in [-0.05, 0) is 22.0 Å². The Bertz CT molecular complexity index is 436. The third-order valence-corrected chi connectivity index (χ3v) is 2.37. The monoisotopic (exact) mass is 226 g/mol. The molecule has 0 amide bonds. The maximum atomic E-state index is 9.28. The summed E-state index contributed by atoms with van der Waals surface area (Å²) < 4.78 is 2.68. The van der Waals surface area contributed by atoms with E-state index >= 15 is 0 Å². The van der Waals surface area contributed by atoms with E-state index in [1.807, 2.05) is 11.6 Å². The highest BCUT2D eigenvalue weighted by Crippen LogP contribution is 2.27. The van der Waals surface area contributed by atoms with Crippen LogP contribution in [0.1, 0.15) is 0 Å². The SMILES string of the molecule is Cn1cnc2c(Br)cc(O)cc21. The zero-order chi connectivity index (χ0) is 8.72. The summed E-state index contributed by atoms with van der Waals surface area (Å²) in [5, 5.41) is 9.28. The first kappa shape index (κ1) is 7.61. The van der Waals surface area contributed by atoms with E-state index in [2.05, 4.69) is 20.9 Å². The third kappa shape index (κ3) is 0.992. The molecule has 0 aliphatic rings. The Morgan fingerprint density at radius 2 is 2.25 bits per heavy atom. The van der Waals surface area contributed by atoms with Crippen LogP contribution in [-0.4, -0.2) is 14.7 Å². The van der Waals surface area contributed by atoms with Crippen molar-refractivity contribution in [1.82, 2.24) is 9.55 Å². The predicted molar refractivity (Wildman–Crippen MR) is 50.1 cm³/mol. The van der Waals surface area contributed by atoms with Crippen molar-refractivity contribution in [2.24, 2.45) is 7.05 Å². The van der Waals surface area contributed by atoms with E-state index in [0.29, 0.717) is 0 Å². The first-order valence-electron chi connectivity index (χ1n) is 3.48. The summed E-state index contributed by atoms with van der Waals surface area (Å²) in [4.78, 5) is 4.16. The normalized spacial score (nSPS) is 10.8. The Balaban J connectivity index is 2.92. The van der Waals surface area contributed by atoms with Gasteiger partial charge in [0.1, 0.15) is 11.3 Å². The van der Waals surface area contributed by atoms with Gasteiger partial charge in [0.15, 0.2) is 0 Å². The van der Waals surface area contributed by atoms with Gasteiger partial charge in [-0.2, -0.15) is 0 Å². The standard InChI is InChI=1S/C8H7BrN2O/c1-11-4-10-8-6(9)2-5(12)3-7(8)11/h2-4,12H,1H3. The van der Waals surface area contributed by atoms with Crippen molar-refractivity contribution in [3.05, 3.63) is 22.9 Å². The number of hydrogen-bond donors (Lipinski definition) is 1. The molecule has 0 spiro atoms. The van der Waals surface area contributed by atoms with E-state index in [1.165, 1.54) is 0 Å². The highest BCUT2D eigenvalue weighted by molar-refractivity contribution is 9.10. The zero-order valence-corrected chi connectivity index (χ0v) is 8.04. The molecular formula is C8H7BrN2O. The first-order valence-corrected chi connectivity index (χ1v) is 4.27. The number of aryl methyl sites for hydroxylation is 1. The van der Waals surface area contributed by atoms with Crippen LogP contribution < -0.4 is 0 Å². The summed E-state index contributed by atoms with van der Waals surface area (Å²) in [6, 6.07) is 3.32. The van der Waals surface area contributed by atoms with E-state index in [1.54, 1.807) is 18.5 Å². The van der Waals surface area contributed by atoms with Gasteiger partial charge in [-0.25, -0.2) is 4.98 Å². The molecule has 0 radical (unpaired) electrons. The van der Waals surface area contributed by atoms with Crippen molar-refractivity contribution in [3.8, 4) is 5.75 Å². The lowest BCUT2D eigenvalue weighted by Crippen LogP contribution is -1.83. The van der Waals surface area contributed by atoms with Gasteiger partial charge >= 0.3 is 0 Å². The van der Waals surface area contributed by atoms with Crippen LogP contribution in [0.3, 0.4) is 0 Å². The first-order chi connectivity index (χ1) is 5.68. The zero-order valence-electron chi connectivity index (χ0n) is 6.45. The Morgan fingerprint density at radius 1 is 1.50 bits per heavy atom. The van der Waals surface area contributed by atoms with E-state index in [9.17, 15) is 5.11 Å². The van der Waals surface area contributed by atoms with Crippen molar-refractivity contribution in [2.75, 3.05) is 0 Å². The van der Waals surface area contributed by atoms with Gasteiger partial charge < -0.3 is 9.67 Å². The fourth-order valence-electron chi connectivity index (χ4n) is 1.17. The topological polar surface area (TPSA) is 38.0 Å². The van der Waals surface area contributed by atoms with Gasteiger partial charge in [-0.3, -0.25) is 0 Å². The quantitative estimate of drug-likeness (QED) is 0.747. The number of hydrogen-bond acceptors (Lipinski definition) is 2. The molecule has 0 aliphatic carbocycles. The second-order valence-electron chi connectivity index (χ2n) is 2.65. The average Bonchev–Trinajstić information content (AvgIpc) is 2.33. The van der Waals surface area contributed by atoms with Gasteiger partial charge in [0, 0.05) is 17.6 Å². The molecule has 62 valence electrons. The Labute approximate surface area is 77.8 Å². The molecule has 3 nitrogen and oxygen atoms in total. The van der Waals surface area contributed by atoms with Crippen molar-refractivity contribution in [3.63, 3.8) is 0 Å². The molecule has 0 unspecified atom stereocenters. The number of phenolic OH excluding ortho intramolecular Hbond substituents is 1. The lowest BCUT2D eigenvalue weighted by Gasteiger charge is -1.97. The van der Waals surface area contributed by atoms with Gasteiger partial charge in [-0.15, -0.1) is 0 Å². The highest BCUT2D eigenvalue weighted by atomic mass is 79.9. The molecule has 2 rings (SSSR count). The Morgan fingerprint density at radius 3 is 3.00 bits per heavy atom. The molecule has 0 saturated heterocycles. The largest absolute Gasteiger partial charge is 0.508 e. The third-order valence-electron chi connectivity index (χ3n) is 1.77. The molecule has 0 fully saturated rings. The van der Waals surface area contributed by atoms with Crippen molar-refractivity contribution in [1.29, 1.82) is 0 Å². The number of aromatic hydroxyl groups is 1. The molecule has 1 aromatic heterocycles. The minimum Gasteiger partial charge on any atom is -0.508 e. The van der Waals surface area contributed by atoms with Crippen molar-refractivity contribution in [2.45, 2.75) is 0 Å². The summed E-state index contributed by atoms with van der Waals surface area (Å²) in [6.07, 6.45) is 1.72. The molecule has 12 heavy (non-hydrogen) atoms. The second-order valence-corrected chi connectivity index (χ2v) is 3.51. The van der Waals surface area contributed by atoms with Crippen LogP contribution in [0.25, 0.3) is 11.0 Å². The number of rotatable bonds is 0. The van der Waals surface area contributed by atoms with E-state index in [4.69, 9.17) is 0 Å². The molecule has 1 N–H and O–H groups in total. The number of halogens is 1. The second kappa shape index (κ2) is 2.48. The molecule has 0 aliphatic heterocycles. The number of aromatic nitrogens is 2. The Hall–Kier alpha value is -1.03. The van der Waals surface area contributed by atoms with Crippen LogP contribution in [0.2, 0.25) is 0 Å². The van der Waals surface area contributed by atoms with Crippen molar-refractivity contribution < 1.29 is 5.11 Å².